The molecule has 2 aliphatic rings. The van der Waals surface area contributed by atoms with Gasteiger partial charge in [-0.3, -0.25) is 4.99 Å². The lowest BCUT2D eigenvalue weighted by molar-refractivity contribution is 0.800. The first-order chi connectivity index (χ1) is 12.2. The van der Waals surface area contributed by atoms with Crippen LogP contribution >= 0.6 is 15.9 Å². The van der Waals surface area contributed by atoms with Gasteiger partial charge in [0.25, 0.3) is 0 Å². The lowest BCUT2D eigenvalue weighted by atomic mass is 10.2. The second-order valence-electron chi connectivity index (χ2n) is 6.36. The van der Waals surface area contributed by atoms with Gasteiger partial charge in [0.15, 0.2) is 0 Å². The molecule has 0 amide bonds. The predicted molar refractivity (Wildman–Crippen MR) is 102 cm³/mol. The van der Waals surface area contributed by atoms with Crippen molar-refractivity contribution in [2.75, 3.05) is 23.7 Å². The molecule has 1 heterocycles. The fourth-order valence-electron chi connectivity index (χ4n) is 2.64. The van der Waals surface area contributed by atoms with Gasteiger partial charge in [0.2, 0.25) is 5.95 Å². The third-order valence-electron chi connectivity index (χ3n) is 4.33. The van der Waals surface area contributed by atoms with Gasteiger partial charge in [0.1, 0.15) is 5.82 Å². The minimum Gasteiger partial charge on any atom is -0.403 e. The Balaban J connectivity index is 1.73. The Labute approximate surface area is 156 Å². The lowest BCUT2D eigenvalue weighted by Crippen LogP contribution is -2.18. The van der Waals surface area contributed by atoms with Crippen molar-refractivity contribution >= 4 is 33.4 Å². The Morgan fingerprint density at radius 2 is 2.36 bits per heavy atom. The van der Waals surface area contributed by atoms with Gasteiger partial charge < -0.3 is 16.4 Å². The second kappa shape index (κ2) is 7.83. The summed E-state index contributed by atoms with van der Waals surface area (Å²) >= 11 is 3.43. The number of aliphatic imine (C=N–C) groups is 1. The third kappa shape index (κ3) is 4.48. The number of anilines is 2. The van der Waals surface area contributed by atoms with Gasteiger partial charge in [-0.15, -0.1) is 0 Å². The van der Waals surface area contributed by atoms with E-state index in [1.807, 2.05) is 6.92 Å². The zero-order chi connectivity index (χ0) is 17.8. The van der Waals surface area contributed by atoms with E-state index in [4.69, 9.17) is 16.0 Å². The van der Waals surface area contributed by atoms with Gasteiger partial charge in [-0.05, 0) is 48.0 Å². The molecular weight excluding hydrogens is 382 g/mol. The first kappa shape index (κ1) is 17.7. The van der Waals surface area contributed by atoms with E-state index in [2.05, 4.69) is 42.6 Å². The molecule has 3 rings (SSSR count). The largest absolute Gasteiger partial charge is 0.403 e. The zero-order valence-electron chi connectivity index (χ0n) is 14.2. The molecule has 25 heavy (non-hydrogen) atoms. The summed E-state index contributed by atoms with van der Waals surface area (Å²) in [5.74, 6) is 2.20. The smallest absolute Gasteiger partial charge is 0.229 e. The van der Waals surface area contributed by atoms with Crippen molar-refractivity contribution in [1.82, 2.24) is 9.97 Å². The van der Waals surface area contributed by atoms with Crippen LogP contribution < -0.4 is 16.4 Å². The monoisotopic (exact) mass is 403 g/mol. The van der Waals surface area contributed by atoms with Crippen LogP contribution in [-0.2, 0) is 0 Å². The molecule has 0 aromatic carbocycles. The van der Waals surface area contributed by atoms with E-state index in [0.29, 0.717) is 24.3 Å². The molecule has 1 unspecified atom stereocenters. The number of rotatable bonds is 8. The fourth-order valence-corrected chi connectivity index (χ4v) is 2.98. The molecule has 1 aromatic heterocycles. The summed E-state index contributed by atoms with van der Waals surface area (Å²) in [5, 5.41) is 15.3. The molecule has 0 saturated heterocycles. The van der Waals surface area contributed by atoms with E-state index < -0.39 is 0 Å². The maximum Gasteiger partial charge on any atom is 0.229 e. The lowest BCUT2D eigenvalue weighted by Gasteiger charge is -2.13. The van der Waals surface area contributed by atoms with Crippen LogP contribution in [0.15, 0.2) is 27.6 Å². The first-order valence-electron chi connectivity index (χ1n) is 8.55. The maximum atomic E-state index is 8.94. The van der Waals surface area contributed by atoms with Crippen LogP contribution in [-0.4, -0.2) is 28.8 Å². The number of hydrogen-bond acceptors (Lipinski definition) is 7. The molecule has 0 bridgehead atoms. The van der Waals surface area contributed by atoms with E-state index in [0.717, 1.165) is 47.5 Å². The van der Waals surface area contributed by atoms with E-state index in [1.54, 1.807) is 6.20 Å². The Hall–Kier alpha value is -2.14. The van der Waals surface area contributed by atoms with Crippen LogP contribution in [0.3, 0.4) is 0 Å². The van der Waals surface area contributed by atoms with Gasteiger partial charge in [-0.2, -0.15) is 10.2 Å². The molecule has 1 aromatic rings. The summed E-state index contributed by atoms with van der Waals surface area (Å²) in [5.41, 5.74) is 7.58. The van der Waals surface area contributed by atoms with Crippen LogP contribution in [0, 0.1) is 29.1 Å². The number of halogens is 1. The standard InChI is InChI=1S/C17H22BrN7/c1-2-21-16-13(18)9-23-17(25-16)24-14(7-20)15(10-3-4-10)22-8-12-5-11(12)6-19/h7,9-12H,2-5,8,20H2,1H3,(H2,21,23,24,25)/b14-7+,22-15-/t11?,12-/m1/s1. The average molecular weight is 404 g/mol. The van der Waals surface area contributed by atoms with E-state index in [9.17, 15) is 0 Å². The predicted octanol–water partition coefficient (Wildman–Crippen LogP) is 2.89. The highest BCUT2D eigenvalue weighted by Crippen LogP contribution is 2.39. The van der Waals surface area contributed by atoms with Gasteiger partial charge >= 0.3 is 0 Å². The minimum absolute atomic E-state index is 0.167. The summed E-state index contributed by atoms with van der Waals surface area (Å²) in [6.07, 6.45) is 6.43. The summed E-state index contributed by atoms with van der Waals surface area (Å²) in [6.45, 7) is 3.47. The van der Waals surface area contributed by atoms with Crippen LogP contribution in [0.5, 0.6) is 0 Å². The third-order valence-corrected chi connectivity index (χ3v) is 4.91. The van der Waals surface area contributed by atoms with Gasteiger partial charge in [0, 0.05) is 31.4 Å². The number of aromatic nitrogens is 2. The van der Waals surface area contributed by atoms with Crippen molar-refractivity contribution in [2.24, 2.45) is 28.5 Å². The van der Waals surface area contributed by atoms with Gasteiger partial charge in [-0.1, -0.05) is 0 Å². The fraction of sp³-hybridized carbons (Fsp3) is 0.529. The Morgan fingerprint density at radius 1 is 1.56 bits per heavy atom. The molecule has 0 aliphatic heterocycles. The quantitative estimate of drug-likeness (QED) is 0.575. The van der Waals surface area contributed by atoms with Crippen LogP contribution in [0.2, 0.25) is 0 Å². The normalized spacial score (nSPS) is 23.1. The first-order valence-corrected chi connectivity index (χ1v) is 9.35. The number of nitrogens with two attached hydrogens (primary N) is 1. The van der Waals surface area contributed by atoms with Crippen molar-refractivity contribution < 1.29 is 0 Å². The highest BCUT2D eigenvalue weighted by atomic mass is 79.9. The molecule has 132 valence electrons. The SMILES string of the molecule is CCNc1nc(NC(=C/N)/C(=N\C[C@H]2CC2C#N)C2CC2)ncc1Br. The maximum absolute atomic E-state index is 8.94. The second-order valence-corrected chi connectivity index (χ2v) is 7.21. The molecule has 2 atom stereocenters. The van der Waals surface area contributed by atoms with Gasteiger partial charge in [-0.25, -0.2) is 4.98 Å². The highest BCUT2D eigenvalue weighted by molar-refractivity contribution is 9.10. The van der Waals surface area contributed by atoms with Crippen LogP contribution in [0.25, 0.3) is 0 Å². The van der Waals surface area contributed by atoms with E-state index in [-0.39, 0.29) is 5.92 Å². The Kier molecular flexibility index (Phi) is 5.53. The minimum atomic E-state index is 0.167. The number of hydrogen-bond donors (Lipinski definition) is 3. The molecule has 7 nitrogen and oxygen atoms in total. The van der Waals surface area contributed by atoms with Gasteiger partial charge in [0.05, 0.1) is 27.9 Å². The molecule has 2 fully saturated rings. The highest BCUT2D eigenvalue weighted by Gasteiger charge is 2.38. The summed E-state index contributed by atoms with van der Waals surface area (Å²) in [4.78, 5) is 13.5. The van der Waals surface area contributed by atoms with Crippen LogP contribution in [0.4, 0.5) is 11.8 Å². The molecular formula is C17H22BrN7. The molecule has 2 aliphatic carbocycles. The zero-order valence-corrected chi connectivity index (χ0v) is 15.8. The molecule has 8 heteroatoms. The van der Waals surface area contributed by atoms with Crippen molar-refractivity contribution in [2.45, 2.75) is 26.2 Å². The summed E-state index contributed by atoms with van der Waals surface area (Å²) < 4.78 is 0.811. The molecule has 0 radical (unpaired) electrons. The average Bonchev–Trinajstić information content (AvgIpc) is 3.52. The van der Waals surface area contributed by atoms with Crippen LogP contribution in [0.1, 0.15) is 26.2 Å². The summed E-state index contributed by atoms with van der Waals surface area (Å²) in [7, 11) is 0. The topological polar surface area (TPSA) is 112 Å². The van der Waals surface area contributed by atoms with E-state index in [1.165, 1.54) is 6.20 Å². The van der Waals surface area contributed by atoms with Crippen molar-refractivity contribution in [1.29, 1.82) is 5.26 Å². The van der Waals surface area contributed by atoms with Crippen molar-refractivity contribution in [3.63, 3.8) is 0 Å². The van der Waals surface area contributed by atoms with Crippen molar-refractivity contribution in [3.05, 3.63) is 22.6 Å². The Bertz CT molecular complexity index is 733. The molecule has 2 saturated carbocycles. The number of nitriles is 1. The summed E-state index contributed by atoms with van der Waals surface area (Å²) in [6, 6.07) is 2.31. The molecule has 0 spiro atoms. The number of allylic oxidation sites excluding steroid dienone is 1. The number of nitrogens with one attached hydrogen (secondary N) is 2. The van der Waals surface area contributed by atoms with Crippen molar-refractivity contribution in [3.8, 4) is 6.07 Å². The Morgan fingerprint density at radius 3 is 2.96 bits per heavy atom. The van der Waals surface area contributed by atoms with E-state index >= 15 is 0 Å². The number of nitrogens with zero attached hydrogens (tertiary/aromatic N) is 4. The molecule has 4 N–H and O–H groups in total.